The Morgan fingerprint density at radius 2 is 1.81 bits per heavy atom. The second-order valence-electron chi connectivity index (χ2n) is 6.54. The summed E-state index contributed by atoms with van der Waals surface area (Å²) in [7, 11) is 0. The lowest BCUT2D eigenvalue weighted by molar-refractivity contribution is 0.0242. The zero-order valence-corrected chi connectivity index (χ0v) is 13.6. The van der Waals surface area contributed by atoms with Gasteiger partial charge >= 0.3 is 6.09 Å². The molecule has 0 bridgehead atoms. The summed E-state index contributed by atoms with van der Waals surface area (Å²) in [6.45, 7) is 11.9. The smallest absolute Gasteiger partial charge is 0.410 e. The number of carbonyl (C=O) groups is 1. The van der Waals surface area contributed by atoms with Gasteiger partial charge in [-0.2, -0.15) is 0 Å². The first-order valence-electron chi connectivity index (χ1n) is 7.66. The molecule has 0 fully saturated rings. The molecule has 0 N–H and O–H groups in total. The van der Waals surface area contributed by atoms with Gasteiger partial charge in [-0.1, -0.05) is 24.3 Å². The number of ether oxygens (including phenoxy) is 1. The molecule has 1 aliphatic rings. The van der Waals surface area contributed by atoms with E-state index in [1.165, 1.54) is 11.1 Å². The van der Waals surface area contributed by atoms with E-state index in [1.807, 2.05) is 27.7 Å². The molecule has 0 saturated heterocycles. The molecule has 2 rings (SSSR count). The highest BCUT2D eigenvalue weighted by molar-refractivity contribution is 5.68. The largest absolute Gasteiger partial charge is 0.444 e. The fourth-order valence-electron chi connectivity index (χ4n) is 2.53. The van der Waals surface area contributed by atoms with Gasteiger partial charge in [0.2, 0.25) is 0 Å². The Kier molecular flexibility index (Phi) is 4.88. The standard InChI is InChI=1S/C17H26N2O2/c1-5-19(16(20)21-17(2,3)4)11-10-18-12-14-8-6-7-9-15(14)13-18/h6-9H,5,10-13H2,1-4H3. The number of hydrogen-bond acceptors (Lipinski definition) is 3. The highest BCUT2D eigenvalue weighted by atomic mass is 16.6. The molecule has 1 aliphatic heterocycles. The minimum atomic E-state index is -0.436. The van der Waals surface area contributed by atoms with E-state index in [-0.39, 0.29) is 6.09 Å². The number of fused-ring (bicyclic) bond motifs is 1. The van der Waals surface area contributed by atoms with Gasteiger partial charge < -0.3 is 9.64 Å². The van der Waals surface area contributed by atoms with Crippen LogP contribution in [0, 0.1) is 0 Å². The van der Waals surface area contributed by atoms with Gasteiger partial charge in [-0.25, -0.2) is 4.79 Å². The van der Waals surface area contributed by atoms with Gasteiger partial charge in [-0.15, -0.1) is 0 Å². The summed E-state index contributed by atoms with van der Waals surface area (Å²) < 4.78 is 5.44. The fourth-order valence-corrected chi connectivity index (χ4v) is 2.53. The van der Waals surface area contributed by atoms with Crippen molar-refractivity contribution in [1.82, 2.24) is 9.80 Å². The van der Waals surface area contributed by atoms with Crippen LogP contribution >= 0.6 is 0 Å². The lowest BCUT2D eigenvalue weighted by Gasteiger charge is -2.28. The Labute approximate surface area is 127 Å². The highest BCUT2D eigenvalue weighted by Crippen LogP contribution is 2.21. The van der Waals surface area contributed by atoms with Crippen LogP contribution in [0.25, 0.3) is 0 Å². The number of hydrogen-bond donors (Lipinski definition) is 0. The van der Waals surface area contributed by atoms with Gasteiger partial charge in [0.1, 0.15) is 5.60 Å². The number of rotatable bonds is 4. The number of nitrogens with zero attached hydrogens (tertiary/aromatic N) is 2. The van der Waals surface area contributed by atoms with E-state index in [0.717, 1.165) is 19.6 Å². The number of benzene rings is 1. The lowest BCUT2D eigenvalue weighted by atomic mass is 10.1. The molecule has 1 aromatic carbocycles. The first-order chi connectivity index (χ1) is 9.89. The molecule has 0 saturated carbocycles. The molecule has 0 aliphatic carbocycles. The Morgan fingerprint density at radius 1 is 1.24 bits per heavy atom. The number of likely N-dealkylation sites (N-methyl/N-ethyl adjacent to an activating group) is 1. The van der Waals surface area contributed by atoms with Crippen molar-refractivity contribution in [3.63, 3.8) is 0 Å². The molecule has 0 spiro atoms. The Morgan fingerprint density at radius 3 is 2.29 bits per heavy atom. The van der Waals surface area contributed by atoms with Crippen molar-refractivity contribution in [2.75, 3.05) is 19.6 Å². The first kappa shape index (κ1) is 15.8. The van der Waals surface area contributed by atoms with E-state index in [9.17, 15) is 4.79 Å². The lowest BCUT2D eigenvalue weighted by Crippen LogP contribution is -2.40. The maximum absolute atomic E-state index is 12.1. The van der Waals surface area contributed by atoms with E-state index in [1.54, 1.807) is 4.90 Å². The van der Waals surface area contributed by atoms with Crippen LogP contribution in [0.2, 0.25) is 0 Å². The van der Waals surface area contributed by atoms with Gasteiger partial charge in [0.05, 0.1) is 0 Å². The molecule has 1 heterocycles. The minimum absolute atomic E-state index is 0.221. The van der Waals surface area contributed by atoms with Crippen LogP contribution in [0.15, 0.2) is 24.3 Å². The molecular formula is C17H26N2O2. The van der Waals surface area contributed by atoms with Crippen molar-refractivity contribution in [2.45, 2.75) is 46.4 Å². The SMILES string of the molecule is CCN(CCN1Cc2ccccc2C1)C(=O)OC(C)(C)C. The van der Waals surface area contributed by atoms with E-state index >= 15 is 0 Å². The molecule has 0 atom stereocenters. The zero-order chi connectivity index (χ0) is 15.5. The van der Waals surface area contributed by atoms with E-state index in [0.29, 0.717) is 13.1 Å². The van der Waals surface area contributed by atoms with E-state index in [2.05, 4.69) is 29.2 Å². The molecule has 4 nitrogen and oxygen atoms in total. The summed E-state index contributed by atoms with van der Waals surface area (Å²) in [5.74, 6) is 0. The molecule has 4 heteroatoms. The summed E-state index contributed by atoms with van der Waals surface area (Å²) in [5.41, 5.74) is 2.37. The topological polar surface area (TPSA) is 32.8 Å². The van der Waals surface area contributed by atoms with Gasteiger partial charge in [0, 0.05) is 32.7 Å². The maximum Gasteiger partial charge on any atom is 0.410 e. The van der Waals surface area contributed by atoms with Crippen LogP contribution < -0.4 is 0 Å². The molecule has 21 heavy (non-hydrogen) atoms. The van der Waals surface area contributed by atoms with Crippen LogP contribution in [0.5, 0.6) is 0 Å². The molecular weight excluding hydrogens is 264 g/mol. The van der Waals surface area contributed by atoms with Gasteiger partial charge in [-0.05, 0) is 38.8 Å². The molecule has 1 aromatic rings. The summed E-state index contributed by atoms with van der Waals surface area (Å²) in [6, 6.07) is 8.53. The highest BCUT2D eigenvalue weighted by Gasteiger charge is 2.23. The summed E-state index contributed by atoms with van der Waals surface area (Å²) in [6.07, 6.45) is -0.221. The van der Waals surface area contributed by atoms with E-state index < -0.39 is 5.60 Å². The Hall–Kier alpha value is -1.55. The Balaban J connectivity index is 1.83. The summed E-state index contributed by atoms with van der Waals surface area (Å²) >= 11 is 0. The molecule has 116 valence electrons. The predicted octanol–water partition coefficient (Wildman–Crippen LogP) is 3.26. The summed E-state index contributed by atoms with van der Waals surface area (Å²) in [5, 5.41) is 0. The first-order valence-corrected chi connectivity index (χ1v) is 7.66. The van der Waals surface area contributed by atoms with Crippen molar-refractivity contribution < 1.29 is 9.53 Å². The number of carbonyl (C=O) groups excluding carboxylic acids is 1. The summed E-state index contributed by atoms with van der Waals surface area (Å²) in [4.78, 5) is 16.2. The zero-order valence-electron chi connectivity index (χ0n) is 13.6. The second-order valence-corrected chi connectivity index (χ2v) is 6.54. The maximum atomic E-state index is 12.1. The third-order valence-corrected chi connectivity index (χ3v) is 3.63. The van der Waals surface area contributed by atoms with Crippen LogP contribution in [0.1, 0.15) is 38.8 Å². The van der Waals surface area contributed by atoms with Gasteiger partial charge in [0.25, 0.3) is 0 Å². The van der Waals surface area contributed by atoms with Crippen LogP contribution in [0.3, 0.4) is 0 Å². The normalized spacial score (nSPS) is 14.9. The molecule has 0 unspecified atom stereocenters. The van der Waals surface area contributed by atoms with Crippen molar-refractivity contribution in [2.24, 2.45) is 0 Å². The molecule has 0 radical (unpaired) electrons. The average molecular weight is 290 g/mol. The van der Waals surface area contributed by atoms with Crippen molar-refractivity contribution >= 4 is 6.09 Å². The van der Waals surface area contributed by atoms with Crippen molar-refractivity contribution in [3.8, 4) is 0 Å². The minimum Gasteiger partial charge on any atom is -0.444 e. The third kappa shape index (κ3) is 4.46. The number of amides is 1. The fraction of sp³-hybridized carbons (Fsp3) is 0.588. The predicted molar refractivity (Wildman–Crippen MR) is 84.0 cm³/mol. The monoisotopic (exact) mass is 290 g/mol. The van der Waals surface area contributed by atoms with Crippen LogP contribution in [-0.2, 0) is 17.8 Å². The molecule has 0 aromatic heterocycles. The van der Waals surface area contributed by atoms with Gasteiger partial charge in [-0.3, -0.25) is 4.90 Å². The van der Waals surface area contributed by atoms with Crippen molar-refractivity contribution in [1.29, 1.82) is 0 Å². The van der Waals surface area contributed by atoms with E-state index in [4.69, 9.17) is 4.74 Å². The molecule has 1 amide bonds. The van der Waals surface area contributed by atoms with Crippen LogP contribution in [-0.4, -0.2) is 41.1 Å². The van der Waals surface area contributed by atoms with Crippen LogP contribution in [0.4, 0.5) is 4.79 Å². The average Bonchev–Trinajstić information content (AvgIpc) is 2.80. The second kappa shape index (κ2) is 6.48. The quantitative estimate of drug-likeness (QED) is 0.853. The Bertz CT molecular complexity index is 469. The third-order valence-electron chi connectivity index (χ3n) is 3.63. The van der Waals surface area contributed by atoms with Crippen molar-refractivity contribution in [3.05, 3.63) is 35.4 Å². The van der Waals surface area contributed by atoms with Gasteiger partial charge in [0.15, 0.2) is 0 Å².